The van der Waals surface area contributed by atoms with E-state index in [2.05, 4.69) is 15.6 Å². The van der Waals surface area contributed by atoms with Crippen LogP contribution in [0.1, 0.15) is 43.4 Å². The highest BCUT2D eigenvalue weighted by atomic mass is 16.4. The smallest absolute Gasteiger partial charge is 0.236 e. The van der Waals surface area contributed by atoms with Crippen molar-refractivity contribution in [1.29, 1.82) is 0 Å². The summed E-state index contributed by atoms with van der Waals surface area (Å²) in [5, 5.41) is 7.83. The van der Waals surface area contributed by atoms with E-state index < -0.39 is 0 Å². The van der Waals surface area contributed by atoms with Crippen LogP contribution in [0, 0.1) is 12.8 Å². The van der Waals surface area contributed by atoms with Crippen LogP contribution in [0.15, 0.2) is 4.42 Å². The number of hydrogen-bond donors (Lipinski definition) is 2. The lowest BCUT2D eigenvalue weighted by Gasteiger charge is -2.24. The molecule has 0 spiro atoms. The fourth-order valence-corrected chi connectivity index (χ4v) is 2.20. The third kappa shape index (κ3) is 2.21. The van der Waals surface area contributed by atoms with E-state index in [1.54, 1.807) is 6.92 Å². The number of hydrogen-bond acceptors (Lipinski definition) is 5. The molecule has 0 radical (unpaired) electrons. The fraction of sp³-hybridized carbons (Fsp3) is 0.700. The maximum absolute atomic E-state index is 11.3. The van der Waals surface area contributed by atoms with E-state index in [0.717, 1.165) is 25.7 Å². The molecule has 2 rings (SSSR count). The Morgan fingerprint density at radius 1 is 1.38 bits per heavy atom. The molecular weight excluding hydrogens is 208 g/mol. The summed E-state index contributed by atoms with van der Waals surface area (Å²) in [5.74, 6) is 6.66. The highest BCUT2D eigenvalue weighted by molar-refractivity contribution is 5.78. The average Bonchev–Trinajstić information content (AvgIpc) is 2.75. The number of aromatic nitrogens is 2. The summed E-state index contributed by atoms with van der Waals surface area (Å²) in [7, 11) is 0. The van der Waals surface area contributed by atoms with Gasteiger partial charge in [0.2, 0.25) is 17.7 Å². The van der Waals surface area contributed by atoms with Gasteiger partial charge in [0, 0.05) is 18.8 Å². The van der Waals surface area contributed by atoms with Crippen LogP contribution in [0.2, 0.25) is 0 Å². The predicted octanol–water partition coefficient (Wildman–Crippen LogP) is 0.642. The number of carbonyl (C=O) groups excluding carboxylic acids is 1. The molecule has 0 saturated heterocycles. The maximum Gasteiger partial charge on any atom is 0.236 e. The fourth-order valence-electron chi connectivity index (χ4n) is 2.20. The molecule has 0 unspecified atom stereocenters. The zero-order valence-corrected chi connectivity index (χ0v) is 9.27. The van der Waals surface area contributed by atoms with Crippen molar-refractivity contribution in [3.63, 3.8) is 0 Å². The standard InChI is InChI=1S/C10H16N4O2/c1-6-13-14-10(16-6)8-4-2-7(3-5-8)9(15)12-11/h7-8H,2-5,11H2,1H3,(H,12,15)/t7-,8-. The summed E-state index contributed by atoms with van der Waals surface area (Å²) in [5.41, 5.74) is 2.20. The van der Waals surface area contributed by atoms with E-state index in [4.69, 9.17) is 10.3 Å². The van der Waals surface area contributed by atoms with Crippen LogP contribution in [-0.4, -0.2) is 16.1 Å². The molecule has 0 atom stereocenters. The van der Waals surface area contributed by atoms with Crippen LogP contribution in [0.5, 0.6) is 0 Å². The van der Waals surface area contributed by atoms with Crippen LogP contribution < -0.4 is 11.3 Å². The molecule has 88 valence electrons. The normalized spacial score (nSPS) is 25.4. The quantitative estimate of drug-likeness (QED) is 0.437. The summed E-state index contributed by atoms with van der Waals surface area (Å²) < 4.78 is 5.40. The number of hydrazine groups is 1. The van der Waals surface area contributed by atoms with E-state index >= 15 is 0 Å². The molecule has 6 heteroatoms. The first-order valence-electron chi connectivity index (χ1n) is 5.51. The minimum atomic E-state index is -0.0693. The average molecular weight is 224 g/mol. The number of nitrogens with zero attached hydrogens (tertiary/aromatic N) is 2. The van der Waals surface area contributed by atoms with E-state index in [1.165, 1.54) is 0 Å². The summed E-state index contributed by atoms with van der Waals surface area (Å²) in [6, 6.07) is 0. The molecule has 1 saturated carbocycles. The molecule has 1 fully saturated rings. The van der Waals surface area contributed by atoms with Gasteiger partial charge in [0.25, 0.3) is 0 Å². The van der Waals surface area contributed by atoms with Crippen molar-refractivity contribution < 1.29 is 9.21 Å². The van der Waals surface area contributed by atoms with E-state index in [-0.39, 0.29) is 11.8 Å². The van der Waals surface area contributed by atoms with E-state index in [1.807, 2.05) is 0 Å². The SMILES string of the molecule is Cc1nnc([C@H]2CC[C@H](C(=O)NN)CC2)o1. The second kappa shape index (κ2) is 4.61. The first-order chi connectivity index (χ1) is 7.70. The van der Waals surface area contributed by atoms with Gasteiger partial charge in [-0.2, -0.15) is 0 Å². The molecular formula is C10H16N4O2. The zero-order valence-electron chi connectivity index (χ0n) is 9.27. The minimum Gasteiger partial charge on any atom is -0.425 e. The van der Waals surface area contributed by atoms with Crippen LogP contribution >= 0.6 is 0 Å². The second-order valence-electron chi connectivity index (χ2n) is 4.22. The van der Waals surface area contributed by atoms with Gasteiger partial charge in [-0.05, 0) is 25.7 Å². The van der Waals surface area contributed by atoms with Crippen molar-refractivity contribution in [3.8, 4) is 0 Å². The first-order valence-corrected chi connectivity index (χ1v) is 5.51. The lowest BCUT2D eigenvalue weighted by molar-refractivity contribution is -0.126. The second-order valence-corrected chi connectivity index (χ2v) is 4.22. The van der Waals surface area contributed by atoms with Crippen LogP contribution in [0.3, 0.4) is 0 Å². The topological polar surface area (TPSA) is 94.0 Å². The molecule has 6 nitrogen and oxygen atoms in total. The number of rotatable bonds is 2. The number of carbonyl (C=O) groups is 1. The molecule has 1 aromatic heterocycles. The van der Waals surface area contributed by atoms with Gasteiger partial charge in [0.15, 0.2) is 0 Å². The Labute approximate surface area is 93.6 Å². The van der Waals surface area contributed by atoms with Crippen molar-refractivity contribution in [3.05, 3.63) is 11.8 Å². The van der Waals surface area contributed by atoms with Gasteiger partial charge in [-0.25, -0.2) is 5.84 Å². The molecule has 16 heavy (non-hydrogen) atoms. The summed E-state index contributed by atoms with van der Waals surface area (Å²) >= 11 is 0. The summed E-state index contributed by atoms with van der Waals surface area (Å²) in [4.78, 5) is 11.3. The Hall–Kier alpha value is -1.43. The Morgan fingerprint density at radius 2 is 2.06 bits per heavy atom. The van der Waals surface area contributed by atoms with Crippen molar-refractivity contribution in [2.24, 2.45) is 11.8 Å². The third-order valence-electron chi connectivity index (χ3n) is 3.13. The van der Waals surface area contributed by atoms with Gasteiger partial charge >= 0.3 is 0 Å². The lowest BCUT2D eigenvalue weighted by atomic mass is 9.81. The Kier molecular flexibility index (Phi) is 3.19. The minimum absolute atomic E-state index is 0.0327. The molecule has 1 aromatic rings. The Bertz CT molecular complexity index is 369. The van der Waals surface area contributed by atoms with Crippen molar-refractivity contribution in [2.45, 2.75) is 38.5 Å². The largest absolute Gasteiger partial charge is 0.425 e. The Balaban J connectivity index is 1.92. The molecule has 1 heterocycles. The highest BCUT2D eigenvalue weighted by Crippen LogP contribution is 2.34. The first kappa shape index (κ1) is 11.1. The molecule has 1 aliphatic rings. The molecule has 3 N–H and O–H groups in total. The number of aryl methyl sites for hydroxylation is 1. The Morgan fingerprint density at radius 3 is 2.56 bits per heavy atom. The van der Waals surface area contributed by atoms with Crippen molar-refractivity contribution >= 4 is 5.91 Å². The van der Waals surface area contributed by atoms with Crippen molar-refractivity contribution in [2.75, 3.05) is 0 Å². The third-order valence-corrected chi connectivity index (χ3v) is 3.13. The van der Waals surface area contributed by atoms with Crippen LogP contribution in [-0.2, 0) is 4.79 Å². The summed E-state index contributed by atoms with van der Waals surface area (Å²) in [6.07, 6.45) is 3.46. The molecule has 0 bridgehead atoms. The number of amides is 1. The molecule has 1 amide bonds. The van der Waals surface area contributed by atoms with Gasteiger partial charge in [0.1, 0.15) is 0 Å². The zero-order chi connectivity index (χ0) is 11.5. The molecule has 0 aromatic carbocycles. The van der Waals surface area contributed by atoms with E-state index in [0.29, 0.717) is 17.7 Å². The van der Waals surface area contributed by atoms with Gasteiger partial charge < -0.3 is 4.42 Å². The lowest BCUT2D eigenvalue weighted by Crippen LogP contribution is -2.37. The highest BCUT2D eigenvalue weighted by Gasteiger charge is 2.29. The van der Waals surface area contributed by atoms with Gasteiger partial charge in [0.05, 0.1) is 0 Å². The van der Waals surface area contributed by atoms with Crippen LogP contribution in [0.25, 0.3) is 0 Å². The molecule has 1 aliphatic carbocycles. The van der Waals surface area contributed by atoms with Gasteiger partial charge in [-0.15, -0.1) is 10.2 Å². The van der Waals surface area contributed by atoms with Gasteiger partial charge in [-0.1, -0.05) is 0 Å². The molecule has 0 aliphatic heterocycles. The maximum atomic E-state index is 11.3. The van der Waals surface area contributed by atoms with E-state index in [9.17, 15) is 4.79 Å². The number of nitrogens with two attached hydrogens (primary N) is 1. The van der Waals surface area contributed by atoms with Gasteiger partial charge in [-0.3, -0.25) is 10.2 Å². The number of nitrogens with one attached hydrogen (secondary N) is 1. The predicted molar refractivity (Wildman–Crippen MR) is 56.1 cm³/mol. The van der Waals surface area contributed by atoms with Crippen LogP contribution in [0.4, 0.5) is 0 Å². The summed E-state index contributed by atoms with van der Waals surface area (Å²) in [6.45, 7) is 1.78. The monoisotopic (exact) mass is 224 g/mol. The van der Waals surface area contributed by atoms with Crippen molar-refractivity contribution in [1.82, 2.24) is 15.6 Å².